The van der Waals surface area contributed by atoms with Gasteiger partial charge in [0.2, 0.25) is 0 Å². The molecule has 1 saturated heterocycles. The fourth-order valence-corrected chi connectivity index (χ4v) is 4.59. The van der Waals surface area contributed by atoms with Crippen molar-refractivity contribution in [1.29, 1.82) is 0 Å². The molecule has 198 valence electrons. The Hall–Kier alpha value is -4.17. The van der Waals surface area contributed by atoms with Gasteiger partial charge in [-0.25, -0.2) is 9.59 Å². The lowest BCUT2D eigenvalue weighted by Gasteiger charge is -2.23. The number of esters is 1. The Morgan fingerprint density at radius 2 is 1.63 bits per heavy atom. The lowest BCUT2D eigenvalue weighted by Crippen LogP contribution is -2.39. The highest BCUT2D eigenvalue weighted by Crippen LogP contribution is 2.23. The molecule has 3 aromatic rings. The number of Topliss-reactive ketones (excluding diaryl/α,β-unsaturated/α-hetero) is 1. The molecule has 1 atom stereocenters. The van der Waals surface area contributed by atoms with Crippen molar-refractivity contribution >= 4 is 29.2 Å². The van der Waals surface area contributed by atoms with Crippen LogP contribution in [-0.2, 0) is 16.0 Å². The Bertz CT molecular complexity index is 1310. The van der Waals surface area contributed by atoms with Crippen LogP contribution in [0.4, 0.5) is 16.2 Å². The first-order valence-electron chi connectivity index (χ1n) is 12.6. The minimum absolute atomic E-state index is 0.143. The number of nitrogens with one attached hydrogen (secondary N) is 2. The fourth-order valence-electron chi connectivity index (χ4n) is 4.59. The van der Waals surface area contributed by atoms with E-state index >= 15 is 0 Å². The Balaban J connectivity index is 1.31. The fraction of sp³-hybridized carbons (Fsp3) is 0.300. The first kappa shape index (κ1) is 26.9. The van der Waals surface area contributed by atoms with Gasteiger partial charge in [0, 0.05) is 24.3 Å². The van der Waals surface area contributed by atoms with Crippen LogP contribution in [0.15, 0.2) is 66.7 Å². The number of nitrogens with zero attached hydrogens (tertiary/aromatic N) is 1. The normalized spacial score (nSPS) is 15.1. The Labute approximate surface area is 222 Å². The summed E-state index contributed by atoms with van der Waals surface area (Å²) in [6, 6.07) is 19.5. The van der Waals surface area contributed by atoms with E-state index in [1.165, 1.54) is 7.11 Å². The SMILES string of the molecule is COC(=O)c1ccc(OCN2CCC[C@H]2C(=O)Cc2ccc(NC(=O)Nc3ccccc3C)c(C)c2)cc1. The van der Waals surface area contributed by atoms with E-state index in [0.29, 0.717) is 30.2 Å². The number of likely N-dealkylation sites (tertiary alicyclic amines) is 1. The van der Waals surface area contributed by atoms with Gasteiger partial charge >= 0.3 is 12.0 Å². The van der Waals surface area contributed by atoms with Crippen LogP contribution in [0.25, 0.3) is 0 Å². The Morgan fingerprint density at radius 1 is 0.921 bits per heavy atom. The number of urea groups is 1. The van der Waals surface area contributed by atoms with Crippen molar-refractivity contribution in [1.82, 2.24) is 4.90 Å². The minimum atomic E-state index is -0.397. The van der Waals surface area contributed by atoms with Gasteiger partial charge in [0.25, 0.3) is 0 Å². The average Bonchev–Trinajstić information content (AvgIpc) is 3.39. The van der Waals surface area contributed by atoms with Crippen LogP contribution in [0, 0.1) is 13.8 Å². The molecule has 8 nitrogen and oxygen atoms in total. The molecule has 1 heterocycles. The monoisotopic (exact) mass is 515 g/mol. The van der Waals surface area contributed by atoms with E-state index in [2.05, 4.69) is 15.5 Å². The molecule has 0 bridgehead atoms. The van der Waals surface area contributed by atoms with Crippen LogP contribution in [0.2, 0.25) is 0 Å². The molecule has 0 aliphatic carbocycles. The Morgan fingerprint density at radius 3 is 2.32 bits per heavy atom. The molecule has 2 amide bonds. The van der Waals surface area contributed by atoms with Gasteiger partial charge in [-0.15, -0.1) is 0 Å². The van der Waals surface area contributed by atoms with Gasteiger partial charge in [-0.1, -0.05) is 30.3 Å². The number of methoxy groups -OCH3 is 1. The van der Waals surface area contributed by atoms with Crippen LogP contribution >= 0.6 is 0 Å². The van der Waals surface area contributed by atoms with Crippen LogP contribution in [0.3, 0.4) is 0 Å². The van der Waals surface area contributed by atoms with Crippen LogP contribution < -0.4 is 15.4 Å². The summed E-state index contributed by atoms with van der Waals surface area (Å²) in [5.74, 6) is 0.372. The number of carbonyl (C=O) groups is 3. The molecule has 1 aliphatic rings. The highest BCUT2D eigenvalue weighted by Gasteiger charge is 2.30. The van der Waals surface area contributed by atoms with Gasteiger partial charge in [0.1, 0.15) is 12.5 Å². The summed E-state index contributed by atoms with van der Waals surface area (Å²) in [5, 5.41) is 5.76. The molecule has 8 heteroatoms. The second-order valence-electron chi connectivity index (χ2n) is 9.45. The zero-order chi connectivity index (χ0) is 27.1. The lowest BCUT2D eigenvalue weighted by atomic mass is 10.00. The maximum Gasteiger partial charge on any atom is 0.337 e. The van der Waals surface area contributed by atoms with E-state index in [0.717, 1.165) is 41.8 Å². The van der Waals surface area contributed by atoms with Gasteiger partial charge in [-0.2, -0.15) is 0 Å². The van der Waals surface area contributed by atoms with Gasteiger partial charge in [-0.3, -0.25) is 9.69 Å². The number of anilines is 2. The highest BCUT2D eigenvalue weighted by molar-refractivity contribution is 6.00. The molecule has 1 fully saturated rings. The van der Waals surface area contributed by atoms with E-state index in [1.807, 2.05) is 56.3 Å². The first-order chi connectivity index (χ1) is 18.3. The molecular formula is C30H33N3O5. The van der Waals surface area contributed by atoms with Crippen LogP contribution in [-0.4, -0.2) is 49.1 Å². The van der Waals surface area contributed by atoms with Crippen molar-refractivity contribution in [3.63, 3.8) is 0 Å². The molecule has 0 aromatic heterocycles. The number of ketones is 1. The summed E-state index contributed by atoms with van der Waals surface area (Å²) >= 11 is 0. The standard InChI is InChI=1S/C30H33N3O5/c1-20-7-4-5-8-25(20)31-30(36)32-26-15-10-22(17-21(26)2)18-28(34)27-9-6-16-33(27)19-38-24-13-11-23(12-14-24)29(35)37-3/h4-5,7-8,10-15,17,27H,6,9,16,18-19H2,1-3H3,(H2,31,32,36)/t27-/m0/s1. The Kier molecular flexibility index (Phi) is 8.76. The molecule has 38 heavy (non-hydrogen) atoms. The number of rotatable bonds is 9. The smallest absolute Gasteiger partial charge is 0.337 e. The second kappa shape index (κ2) is 12.4. The largest absolute Gasteiger partial charge is 0.478 e. The van der Waals surface area contributed by atoms with E-state index in [4.69, 9.17) is 9.47 Å². The third-order valence-electron chi connectivity index (χ3n) is 6.72. The quantitative estimate of drug-likeness (QED) is 0.373. The predicted molar refractivity (Wildman–Crippen MR) is 147 cm³/mol. The number of para-hydroxylation sites is 1. The van der Waals surface area contributed by atoms with Crippen molar-refractivity contribution < 1.29 is 23.9 Å². The number of hydrogen-bond acceptors (Lipinski definition) is 6. The topological polar surface area (TPSA) is 97.0 Å². The molecule has 0 radical (unpaired) electrons. The molecule has 1 aliphatic heterocycles. The van der Waals surface area contributed by atoms with Gasteiger partial charge in [-0.05, 0) is 79.8 Å². The molecule has 3 aromatic carbocycles. The molecule has 0 spiro atoms. The highest BCUT2D eigenvalue weighted by atomic mass is 16.5. The summed E-state index contributed by atoms with van der Waals surface area (Å²) in [7, 11) is 1.34. The van der Waals surface area contributed by atoms with Gasteiger partial charge in [0.15, 0.2) is 5.78 Å². The number of aryl methyl sites for hydroxylation is 2. The van der Waals surface area contributed by atoms with Crippen molar-refractivity contribution in [2.75, 3.05) is 31.0 Å². The van der Waals surface area contributed by atoms with Crippen LogP contribution in [0.1, 0.15) is 39.9 Å². The maximum atomic E-state index is 13.2. The second-order valence-corrected chi connectivity index (χ2v) is 9.45. The molecule has 0 saturated carbocycles. The number of amides is 2. The predicted octanol–water partition coefficient (Wildman–Crippen LogP) is 5.35. The molecule has 2 N–H and O–H groups in total. The third-order valence-corrected chi connectivity index (χ3v) is 6.72. The number of carbonyl (C=O) groups excluding carboxylic acids is 3. The van der Waals surface area contributed by atoms with E-state index < -0.39 is 5.97 Å². The van der Waals surface area contributed by atoms with Crippen molar-refractivity contribution in [2.45, 2.75) is 39.2 Å². The van der Waals surface area contributed by atoms with E-state index in [1.54, 1.807) is 24.3 Å². The number of hydrogen-bond donors (Lipinski definition) is 2. The lowest BCUT2D eigenvalue weighted by molar-refractivity contribution is -0.123. The number of benzene rings is 3. The van der Waals surface area contributed by atoms with Crippen LogP contribution in [0.5, 0.6) is 5.75 Å². The zero-order valence-electron chi connectivity index (χ0n) is 22.0. The van der Waals surface area contributed by atoms with Crippen molar-refractivity contribution in [2.24, 2.45) is 0 Å². The summed E-state index contributed by atoms with van der Waals surface area (Å²) in [6.45, 7) is 4.94. The maximum absolute atomic E-state index is 13.2. The minimum Gasteiger partial charge on any atom is -0.478 e. The first-order valence-corrected chi connectivity index (χ1v) is 12.6. The summed E-state index contributed by atoms with van der Waals surface area (Å²) < 4.78 is 10.6. The molecule has 4 rings (SSSR count). The number of ether oxygens (including phenoxy) is 2. The van der Waals surface area contributed by atoms with Crippen molar-refractivity contribution in [3.8, 4) is 5.75 Å². The molecular weight excluding hydrogens is 482 g/mol. The van der Waals surface area contributed by atoms with E-state index in [-0.39, 0.29) is 17.9 Å². The summed E-state index contributed by atoms with van der Waals surface area (Å²) in [4.78, 5) is 39.3. The van der Waals surface area contributed by atoms with E-state index in [9.17, 15) is 14.4 Å². The zero-order valence-corrected chi connectivity index (χ0v) is 22.0. The summed E-state index contributed by atoms with van der Waals surface area (Å²) in [5.41, 5.74) is 4.68. The molecule has 0 unspecified atom stereocenters. The van der Waals surface area contributed by atoms with Gasteiger partial charge in [0.05, 0.1) is 18.7 Å². The van der Waals surface area contributed by atoms with Gasteiger partial charge < -0.3 is 20.1 Å². The van der Waals surface area contributed by atoms with Crippen molar-refractivity contribution in [3.05, 3.63) is 89.0 Å². The average molecular weight is 516 g/mol. The third kappa shape index (κ3) is 6.77. The summed E-state index contributed by atoms with van der Waals surface area (Å²) in [6.07, 6.45) is 2.03.